The minimum absolute atomic E-state index is 0.200. The first kappa shape index (κ1) is 15.6. The minimum atomic E-state index is -0.200. The lowest BCUT2D eigenvalue weighted by atomic mass is 10.0. The normalized spacial score (nSPS) is 12.6. The molecule has 0 aliphatic rings. The van der Waals surface area contributed by atoms with Crippen molar-refractivity contribution in [1.29, 1.82) is 0 Å². The van der Waals surface area contributed by atoms with E-state index in [4.69, 9.17) is 0 Å². The molecule has 0 spiro atoms. The highest BCUT2D eigenvalue weighted by Crippen LogP contribution is 2.18. The second-order valence-electron chi connectivity index (χ2n) is 4.80. The molecule has 2 rings (SSSR count). The first-order valence-corrected chi connectivity index (χ1v) is 8.33. The smallest absolute Gasteiger partial charge is 0.124 e. The molecular formula is C15H18BrFN2S. The lowest BCUT2D eigenvalue weighted by molar-refractivity contribution is 0.515. The molecule has 5 heteroatoms. The Balaban J connectivity index is 2.08. The summed E-state index contributed by atoms with van der Waals surface area (Å²) in [5.41, 5.74) is 2.10. The first-order chi connectivity index (χ1) is 9.56. The van der Waals surface area contributed by atoms with Crippen molar-refractivity contribution in [3.05, 3.63) is 50.1 Å². The van der Waals surface area contributed by atoms with E-state index in [1.807, 2.05) is 13.0 Å². The number of nitrogens with zero attached hydrogens (tertiary/aromatic N) is 1. The summed E-state index contributed by atoms with van der Waals surface area (Å²) in [7, 11) is 0. The lowest BCUT2D eigenvalue weighted by Gasteiger charge is -2.17. The SMILES string of the molecule is CCNC(Cc1cc(F)cc(Br)c1)Cc1csc(C)n1. The van der Waals surface area contributed by atoms with Gasteiger partial charge in [-0.1, -0.05) is 22.9 Å². The third kappa shape index (κ3) is 4.65. The van der Waals surface area contributed by atoms with Gasteiger partial charge in [0.15, 0.2) is 0 Å². The maximum absolute atomic E-state index is 13.4. The van der Waals surface area contributed by atoms with E-state index in [1.165, 1.54) is 6.07 Å². The van der Waals surface area contributed by atoms with E-state index in [9.17, 15) is 4.39 Å². The van der Waals surface area contributed by atoms with Gasteiger partial charge in [0.2, 0.25) is 0 Å². The Morgan fingerprint density at radius 1 is 1.35 bits per heavy atom. The number of rotatable bonds is 6. The molecule has 2 aromatic rings. The second-order valence-corrected chi connectivity index (χ2v) is 6.78. The average Bonchev–Trinajstić information content (AvgIpc) is 2.73. The quantitative estimate of drug-likeness (QED) is 0.841. The summed E-state index contributed by atoms with van der Waals surface area (Å²) in [5.74, 6) is -0.200. The molecule has 1 N–H and O–H groups in total. The summed E-state index contributed by atoms with van der Waals surface area (Å²) >= 11 is 5.01. The van der Waals surface area contributed by atoms with E-state index >= 15 is 0 Å². The number of likely N-dealkylation sites (N-methyl/N-ethyl adjacent to an activating group) is 1. The molecule has 108 valence electrons. The van der Waals surface area contributed by atoms with Crippen molar-refractivity contribution < 1.29 is 4.39 Å². The molecule has 1 aromatic carbocycles. The number of halogens is 2. The molecule has 0 fully saturated rings. The number of aromatic nitrogens is 1. The zero-order chi connectivity index (χ0) is 14.5. The Morgan fingerprint density at radius 2 is 2.15 bits per heavy atom. The van der Waals surface area contributed by atoms with Crippen molar-refractivity contribution in [3.63, 3.8) is 0 Å². The molecule has 2 nitrogen and oxygen atoms in total. The summed E-state index contributed by atoms with van der Waals surface area (Å²) in [6, 6.07) is 5.33. The van der Waals surface area contributed by atoms with E-state index in [0.29, 0.717) is 0 Å². The molecule has 20 heavy (non-hydrogen) atoms. The molecule has 0 amide bonds. The molecule has 0 saturated carbocycles. The molecule has 1 heterocycles. The van der Waals surface area contributed by atoms with Crippen molar-refractivity contribution >= 4 is 27.3 Å². The molecule has 0 aliphatic heterocycles. The van der Waals surface area contributed by atoms with E-state index in [2.05, 4.69) is 38.5 Å². The third-order valence-electron chi connectivity index (χ3n) is 3.02. The predicted molar refractivity (Wildman–Crippen MR) is 85.8 cm³/mol. The molecule has 0 aliphatic carbocycles. The highest BCUT2D eigenvalue weighted by Gasteiger charge is 2.12. The van der Waals surface area contributed by atoms with Crippen molar-refractivity contribution in [3.8, 4) is 0 Å². The van der Waals surface area contributed by atoms with Crippen molar-refractivity contribution in [2.24, 2.45) is 0 Å². The van der Waals surface area contributed by atoms with E-state index < -0.39 is 0 Å². The van der Waals surface area contributed by atoms with Gasteiger partial charge in [0.05, 0.1) is 10.7 Å². The van der Waals surface area contributed by atoms with E-state index in [1.54, 1.807) is 17.4 Å². The van der Waals surface area contributed by atoms with Crippen LogP contribution in [0.3, 0.4) is 0 Å². The standard InChI is InChI=1S/C15H18BrFN2S/c1-3-18-14(8-15-9-20-10(2)19-15)6-11-4-12(16)7-13(17)5-11/h4-5,7,9,14,18H,3,6,8H2,1-2H3. The van der Waals surface area contributed by atoms with E-state index in [-0.39, 0.29) is 11.9 Å². The Morgan fingerprint density at radius 3 is 2.75 bits per heavy atom. The van der Waals surface area contributed by atoms with Crippen molar-refractivity contribution in [2.75, 3.05) is 6.54 Å². The fourth-order valence-electron chi connectivity index (χ4n) is 2.27. The average molecular weight is 357 g/mol. The minimum Gasteiger partial charge on any atom is -0.314 e. The van der Waals surface area contributed by atoms with Crippen molar-refractivity contribution in [2.45, 2.75) is 32.7 Å². The van der Waals surface area contributed by atoms with Gasteiger partial charge < -0.3 is 5.32 Å². The third-order valence-corrected chi connectivity index (χ3v) is 4.30. The lowest BCUT2D eigenvalue weighted by Crippen LogP contribution is -2.33. The van der Waals surface area contributed by atoms with Gasteiger partial charge in [-0.3, -0.25) is 0 Å². The predicted octanol–water partition coefficient (Wildman–Crippen LogP) is 4.12. The van der Waals surface area contributed by atoms with Gasteiger partial charge in [0.1, 0.15) is 5.82 Å². The molecular weight excluding hydrogens is 339 g/mol. The second kappa shape index (κ2) is 7.29. The topological polar surface area (TPSA) is 24.9 Å². The molecule has 1 atom stereocenters. The maximum Gasteiger partial charge on any atom is 0.124 e. The first-order valence-electron chi connectivity index (χ1n) is 6.66. The Bertz CT molecular complexity index is 551. The molecule has 0 radical (unpaired) electrons. The Hall–Kier alpha value is -0.780. The van der Waals surface area contributed by atoms with Gasteiger partial charge in [-0.15, -0.1) is 11.3 Å². The van der Waals surface area contributed by atoms with Gasteiger partial charge in [-0.25, -0.2) is 9.37 Å². The van der Waals surface area contributed by atoms with Crippen LogP contribution in [-0.4, -0.2) is 17.6 Å². The zero-order valence-corrected chi connectivity index (χ0v) is 14.0. The number of nitrogens with one attached hydrogen (secondary N) is 1. The van der Waals surface area contributed by atoms with Gasteiger partial charge in [-0.05, 0) is 43.7 Å². The number of aryl methyl sites for hydroxylation is 1. The number of hydrogen-bond acceptors (Lipinski definition) is 3. The Kier molecular flexibility index (Phi) is 5.69. The van der Waals surface area contributed by atoms with Crippen LogP contribution in [0, 0.1) is 12.7 Å². The summed E-state index contributed by atoms with van der Waals surface area (Å²) in [5, 5.41) is 6.64. The molecule has 0 bridgehead atoms. The highest BCUT2D eigenvalue weighted by molar-refractivity contribution is 9.10. The van der Waals surface area contributed by atoms with Crippen LogP contribution in [0.4, 0.5) is 4.39 Å². The van der Waals surface area contributed by atoms with Gasteiger partial charge >= 0.3 is 0 Å². The summed E-state index contributed by atoms with van der Waals surface area (Å²) < 4.78 is 14.2. The van der Waals surface area contributed by atoms with Crippen LogP contribution in [-0.2, 0) is 12.8 Å². The Labute approximate surface area is 131 Å². The van der Waals surface area contributed by atoms with Crippen LogP contribution in [0.2, 0.25) is 0 Å². The van der Waals surface area contributed by atoms with Gasteiger partial charge in [-0.2, -0.15) is 0 Å². The van der Waals surface area contributed by atoms with Crippen molar-refractivity contribution in [1.82, 2.24) is 10.3 Å². The zero-order valence-electron chi connectivity index (χ0n) is 11.6. The van der Waals surface area contributed by atoms with Crippen LogP contribution in [0.25, 0.3) is 0 Å². The van der Waals surface area contributed by atoms with Gasteiger partial charge in [0, 0.05) is 22.3 Å². The van der Waals surface area contributed by atoms with Crippen LogP contribution in [0.15, 0.2) is 28.1 Å². The van der Waals surface area contributed by atoms with Crippen LogP contribution in [0.5, 0.6) is 0 Å². The van der Waals surface area contributed by atoms with E-state index in [0.717, 1.165) is 40.1 Å². The fraction of sp³-hybridized carbons (Fsp3) is 0.400. The fourth-order valence-corrected chi connectivity index (χ4v) is 3.41. The number of hydrogen-bond donors (Lipinski definition) is 1. The summed E-state index contributed by atoms with van der Waals surface area (Å²) in [6.45, 7) is 4.99. The number of benzene rings is 1. The molecule has 0 saturated heterocycles. The van der Waals surface area contributed by atoms with Gasteiger partial charge in [0.25, 0.3) is 0 Å². The van der Waals surface area contributed by atoms with Crippen LogP contribution >= 0.6 is 27.3 Å². The van der Waals surface area contributed by atoms with Crippen LogP contribution in [0.1, 0.15) is 23.2 Å². The largest absolute Gasteiger partial charge is 0.314 e. The molecule has 1 unspecified atom stereocenters. The monoisotopic (exact) mass is 356 g/mol. The molecule has 1 aromatic heterocycles. The maximum atomic E-state index is 13.4. The summed E-state index contributed by atoms with van der Waals surface area (Å²) in [6.07, 6.45) is 1.66. The van der Waals surface area contributed by atoms with Crippen LogP contribution < -0.4 is 5.32 Å². The number of thiazole rings is 1. The highest BCUT2D eigenvalue weighted by atomic mass is 79.9. The summed E-state index contributed by atoms with van der Waals surface area (Å²) in [4.78, 5) is 4.50.